The zero-order valence-electron chi connectivity index (χ0n) is 9.90. The number of imide groups is 1. The quantitative estimate of drug-likeness (QED) is 0.847. The van der Waals surface area contributed by atoms with E-state index in [-0.39, 0.29) is 5.75 Å². The van der Waals surface area contributed by atoms with Crippen molar-refractivity contribution in [1.82, 2.24) is 15.6 Å². The predicted molar refractivity (Wildman–Crippen MR) is 72.3 cm³/mol. The van der Waals surface area contributed by atoms with Gasteiger partial charge < -0.3 is 9.73 Å². The number of carbonyl (C=O) groups excluding carboxylic acids is 2. The number of oxazole rings is 1. The molecule has 0 unspecified atom stereocenters. The Balaban J connectivity index is 1.98. The van der Waals surface area contributed by atoms with E-state index in [1.165, 1.54) is 7.05 Å². The molecule has 1 aromatic heterocycles. The van der Waals surface area contributed by atoms with Gasteiger partial charge in [-0.1, -0.05) is 23.4 Å². The minimum atomic E-state index is -0.546. The molecule has 0 bridgehead atoms. The van der Waals surface area contributed by atoms with Crippen molar-refractivity contribution >= 4 is 46.4 Å². The molecule has 2 aromatic rings. The Kier molecular flexibility index (Phi) is 4.28. The van der Waals surface area contributed by atoms with Crippen molar-refractivity contribution in [3.63, 3.8) is 0 Å². The maximum absolute atomic E-state index is 11.4. The van der Waals surface area contributed by atoms with Crippen LogP contribution in [0.4, 0.5) is 4.79 Å². The van der Waals surface area contributed by atoms with Crippen LogP contribution in [0.2, 0.25) is 5.02 Å². The molecule has 0 fully saturated rings. The maximum Gasteiger partial charge on any atom is 0.321 e. The highest BCUT2D eigenvalue weighted by Gasteiger charge is 2.11. The third kappa shape index (κ3) is 3.62. The zero-order valence-corrected chi connectivity index (χ0v) is 11.5. The summed E-state index contributed by atoms with van der Waals surface area (Å²) in [6.07, 6.45) is 0. The van der Waals surface area contributed by atoms with E-state index in [4.69, 9.17) is 16.0 Å². The number of hydrogen-bond acceptors (Lipinski definition) is 5. The number of hydrogen-bond donors (Lipinski definition) is 2. The zero-order chi connectivity index (χ0) is 13.8. The van der Waals surface area contributed by atoms with E-state index in [1.54, 1.807) is 18.2 Å². The number of halogens is 1. The molecule has 6 nitrogen and oxygen atoms in total. The lowest BCUT2D eigenvalue weighted by atomic mass is 10.3. The third-order valence-electron chi connectivity index (χ3n) is 2.14. The third-order valence-corrected chi connectivity index (χ3v) is 3.20. The second-order valence-corrected chi connectivity index (χ2v) is 4.87. The van der Waals surface area contributed by atoms with Crippen LogP contribution in [0, 0.1) is 0 Å². The second kappa shape index (κ2) is 5.94. The van der Waals surface area contributed by atoms with E-state index in [9.17, 15) is 9.59 Å². The molecule has 0 saturated carbocycles. The van der Waals surface area contributed by atoms with Crippen molar-refractivity contribution in [2.75, 3.05) is 12.8 Å². The molecule has 1 heterocycles. The fourth-order valence-corrected chi connectivity index (χ4v) is 2.09. The number of urea groups is 1. The van der Waals surface area contributed by atoms with Gasteiger partial charge in [0.05, 0.1) is 5.75 Å². The number of benzene rings is 1. The molecule has 1 aromatic carbocycles. The lowest BCUT2D eigenvalue weighted by molar-refractivity contribution is -0.117. The first-order valence-corrected chi connectivity index (χ1v) is 6.65. The molecule has 2 rings (SSSR count). The first-order chi connectivity index (χ1) is 9.08. The van der Waals surface area contributed by atoms with Crippen LogP contribution in [0.3, 0.4) is 0 Å². The van der Waals surface area contributed by atoms with Crippen LogP contribution in [-0.4, -0.2) is 29.7 Å². The molecule has 0 saturated heterocycles. The highest BCUT2D eigenvalue weighted by atomic mass is 35.5. The molecule has 0 aliphatic carbocycles. The summed E-state index contributed by atoms with van der Waals surface area (Å²) in [5.74, 6) is -0.391. The van der Waals surface area contributed by atoms with E-state index in [0.717, 1.165) is 11.8 Å². The topological polar surface area (TPSA) is 84.2 Å². The molecule has 19 heavy (non-hydrogen) atoms. The fraction of sp³-hybridized carbons (Fsp3) is 0.182. The first-order valence-electron chi connectivity index (χ1n) is 5.29. The number of nitrogens with zero attached hydrogens (tertiary/aromatic N) is 1. The molecule has 0 spiro atoms. The number of amides is 3. The summed E-state index contributed by atoms with van der Waals surface area (Å²) in [4.78, 5) is 26.5. The number of rotatable bonds is 3. The van der Waals surface area contributed by atoms with Crippen LogP contribution < -0.4 is 10.6 Å². The Morgan fingerprint density at radius 3 is 3.00 bits per heavy atom. The second-order valence-electron chi connectivity index (χ2n) is 3.51. The number of aromatic nitrogens is 1. The van der Waals surface area contributed by atoms with E-state index >= 15 is 0 Å². The average molecular weight is 300 g/mol. The van der Waals surface area contributed by atoms with Crippen molar-refractivity contribution in [2.24, 2.45) is 0 Å². The van der Waals surface area contributed by atoms with Gasteiger partial charge in [0.1, 0.15) is 5.52 Å². The van der Waals surface area contributed by atoms with Crippen molar-refractivity contribution in [3.8, 4) is 0 Å². The van der Waals surface area contributed by atoms with E-state index < -0.39 is 11.9 Å². The van der Waals surface area contributed by atoms with Crippen molar-refractivity contribution in [2.45, 2.75) is 5.22 Å². The van der Waals surface area contributed by atoms with Gasteiger partial charge in [-0.25, -0.2) is 9.78 Å². The van der Waals surface area contributed by atoms with Crippen LogP contribution in [0.5, 0.6) is 0 Å². The largest absolute Gasteiger partial charge is 0.431 e. The molecule has 100 valence electrons. The van der Waals surface area contributed by atoms with Gasteiger partial charge in [0, 0.05) is 18.1 Å². The first kappa shape index (κ1) is 13.7. The SMILES string of the molecule is CNC(=O)NC(=O)CSc1nc2ccc(Cl)cc2o1. The van der Waals surface area contributed by atoms with Gasteiger partial charge in [-0.3, -0.25) is 10.1 Å². The summed E-state index contributed by atoms with van der Waals surface area (Å²) in [5.41, 5.74) is 1.22. The highest BCUT2D eigenvalue weighted by molar-refractivity contribution is 7.99. The number of fused-ring (bicyclic) bond motifs is 1. The Morgan fingerprint density at radius 2 is 2.26 bits per heavy atom. The number of nitrogens with one attached hydrogen (secondary N) is 2. The predicted octanol–water partition coefficient (Wildman–Crippen LogP) is 2.03. The molecular weight excluding hydrogens is 290 g/mol. The average Bonchev–Trinajstić information content (AvgIpc) is 2.78. The van der Waals surface area contributed by atoms with E-state index in [0.29, 0.717) is 21.3 Å². The minimum Gasteiger partial charge on any atom is -0.431 e. The Bertz CT molecular complexity index is 629. The van der Waals surface area contributed by atoms with Crippen LogP contribution in [0.15, 0.2) is 27.8 Å². The van der Waals surface area contributed by atoms with Crippen molar-refractivity contribution in [1.29, 1.82) is 0 Å². The van der Waals surface area contributed by atoms with Gasteiger partial charge in [0.15, 0.2) is 5.58 Å². The molecule has 8 heteroatoms. The number of thioether (sulfide) groups is 1. The minimum absolute atomic E-state index is 0.0357. The molecule has 0 radical (unpaired) electrons. The summed E-state index contributed by atoms with van der Waals surface area (Å²) >= 11 is 6.93. The normalized spacial score (nSPS) is 10.4. The summed E-state index contributed by atoms with van der Waals surface area (Å²) in [6.45, 7) is 0. The molecular formula is C11H10ClN3O3S. The Hall–Kier alpha value is -1.73. The van der Waals surface area contributed by atoms with Crippen molar-refractivity contribution < 1.29 is 14.0 Å². The summed E-state index contributed by atoms with van der Waals surface area (Å²) in [5, 5.41) is 5.33. The van der Waals surface area contributed by atoms with E-state index in [1.807, 2.05) is 0 Å². The molecule has 0 aliphatic rings. The van der Waals surface area contributed by atoms with Gasteiger partial charge in [-0.2, -0.15) is 0 Å². The molecule has 3 amide bonds. The fourth-order valence-electron chi connectivity index (χ4n) is 1.29. The number of carbonyl (C=O) groups is 2. The van der Waals surface area contributed by atoms with Gasteiger partial charge in [-0.15, -0.1) is 0 Å². The van der Waals surface area contributed by atoms with Gasteiger partial charge in [-0.05, 0) is 12.1 Å². The summed E-state index contributed by atoms with van der Waals surface area (Å²) < 4.78 is 5.42. The summed E-state index contributed by atoms with van der Waals surface area (Å²) in [7, 11) is 1.43. The molecule has 0 atom stereocenters. The maximum atomic E-state index is 11.4. The molecule has 0 aliphatic heterocycles. The lowest BCUT2D eigenvalue weighted by Gasteiger charge is -2.00. The van der Waals surface area contributed by atoms with Crippen LogP contribution in [0.25, 0.3) is 11.1 Å². The van der Waals surface area contributed by atoms with Gasteiger partial charge in [0.2, 0.25) is 5.91 Å². The smallest absolute Gasteiger partial charge is 0.321 e. The lowest BCUT2D eigenvalue weighted by Crippen LogP contribution is -2.38. The standard InChI is InChI=1S/C11H10ClN3O3S/c1-13-10(17)15-9(16)5-19-11-14-7-3-2-6(12)4-8(7)18-11/h2-4H,5H2,1H3,(H2,13,15,16,17). The van der Waals surface area contributed by atoms with Gasteiger partial charge in [0.25, 0.3) is 5.22 Å². The Morgan fingerprint density at radius 1 is 1.47 bits per heavy atom. The highest BCUT2D eigenvalue weighted by Crippen LogP contribution is 2.25. The van der Waals surface area contributed by atoms with Crippen molar-refractivity contribution in [3.05, 3.63) is 23.2 Å². The summed E-state index contributed by atoms with van der Waals surface area (Å²) in [6, 6.07) is 4.54. The van der Waals surface area contributed by atoms with E-state index in [2.05, 4.69) is 15.6 Å². The van der Waals surface area contributed by atoms with Crippen LogP contribution in [0.1, 0.15) is 0 Å². The Labute approximate surface area is 117 Å². The monoisotopic (exact) mass is 299 g/mol. The van der Waals surface area contributed by atoms with Crippen LogP contribution >= 0.6 is 23.4 Å². The van der Waals surface area contributed by atoms with Gasteiger partial charge >= 0.3 is 6.03 Å². The van der Waals surface area contributed by atoms with Crippen LogP contribution in [-0.2, 0) is 4.79 Å². The molecule has 2 N–H and O–H groups in total.